The van der Waals surface area contributed by atoms with Crippen molar-refractivity contribution < 1.29 is 4.79 Å². The van der Waals surface area contributed by atoms with Crippen LogP contribution in [-0.4, -0.2) is 18.5 Å². The average Bonchev–Trinajstić information content (AvgIpc) is 2.49. The average molecular weight is 274 g/mol. The molecule has 0 atom stereocenters. The van der Waals surface area contributed by atoms with Gasteiger partial charge in [-0.1, -0.05) is 38.0 Å². The maximum Gasteiger partial charge on any atom is 0.239 e. The summed E-state index contributed by atoms with van der Waals surface area (Å²) in [4.78, 5) is 11.9. The Bertz CT molecular complexity index is 397. The Labute approximate surface area is 122 Å². The molecule has 0 aromatic heterocycles. The second-order valence-corrected chi connectivity index (χ2v) is 5.79. The monoisotopic (exact) mass is 274 g/mol. The van der Waals surface area contributed by atoms with Crippen molar-refractivity contribution in [2.24, 2.45) is 5.92 Å². The first-order chi connectivity index (χ1) is 9.78. The van der Waals surface area contributed by atoms with E-state index in [1.807, 2.05) is 30.3 Å². The molecule has 1 aromatic rings. The van der Waals surface area contributed by atoms with Crippen molar-refractivity contribution in [1.29, 1.82) is 0 Å². The van der Waals surface area contributed by atoms with Crippen molar-refractivity contribution in [2.75, 3.05) is 11.9 Å². The van der Waals surface area contributed by atoms with Crippen LogP contribution in [0.2, 0.25) is 0 Å². The minimum Gasteiger partial charge on any atom is -0.376 e. The van der Waals surface area contributed by atoms with Gasteiger partial charge in [0.25, 0.3) is 0 Å². The molecular weight excluding hydrogens is 248 g/mol. The highest BCUT2D eigenvalue weighted by Gasteiger charge is 2.21. The summed E-state index contributed by atoms with van der Waals surface area (Å²) < 4.78 is 0. The van der Waals surface area contributed by atoms with E-state index in [4.69, 9.17) is 0 Å². The highest BCUT2D eigenvalue weighted by molar-refractivity contribution is 5.80. The van der Waals surface area contributed by atoms with Gasteiger partial charge in [-0.3, -0.25) is 4.79 Å². The van der Waals surface area contributed by atoms with Crippen LogP contribution in [-0.2, 0) is 4.79 Å². The van der Waals surface area contributed by atoms with E-state index in [9.17, 15) is 4.79 Å². The number of carbonyl (C=O) groups excluding carboxylic acids is 1. The number of hydrogen-bond donors (Lipinski definition) is 2. The van der Waals surface area contributed by atoms with Crippen LogP contribution < -0.4 is 10.6 Å². The minimum atomic E-state index is 0.104. The molecule has 0 radical (unpaired) electrons. The van der Waals surface area contributed by atoms with Crippen molar-refractivity contribution in [1.82, 2.24) is 5.32 Å². The van der Waals surface area contributed by atoms with Crippen LogP contribution in [0, 0.1) is 5.92 Å². The van der Waals surface area contributed by atoms with Gasteiger partial charge in [0, 0.05) is 11.7 Å². The fraction of sp³-hybridized carbons (Fsp3) is 0.588. The zero-order valence-electron chi connectivity index (χ0n) is 12.4. The molecular formula is C17H26N2O. The molecule has 1 fully saturated rings. The zero-order chi connectivity index (χ0) is 14.2. The van der Waals surface area contributed by atoms with E-state index >= 15 is 0 Å². The molecule has 1 amide bonds. The van der Waals surface area contributed by atoms with Crippen molar-refractivity contribution in [3.63, 3.8) is 0 Å². The molecule has 0 heterocycles. The lowest BCUT2D eigenvalue weighted by molar-refractivity contribution is -0.120. The van der Waals surface area contributed by atoms with Crippen LogP contribution in [0.4, 0.5) is 5.69 Å². The highest BCUT2D eigenvalue weighted by atomic mass is 16.1. The first-order valence-electron chi connectivity index (χ1n) is 7.86. The lowest BCUT2D eigenvalue weighted by atomic mass is 9.83. The molecule has 0 bridgehead atoms. The number of benzene rings is 1. The molecule has 1 aliphatic rings. The van der Waals surface area contributed by atoms with Gasteiger partial charge in [0.05, 0.1) is 6.54 Å². The summed E-state index contributed by atoms with van der Waals surface area (Å²) in [6, 6.07) is 10.2. The molecule has 2 N–H and O–H groups in total. The van der Waals surface area contributed by atoms with Gasteiger partial charge in [0.2, 0.25) is 5.91 Å². The van der Waals surface area contributed by atoms with E-state index in [1.54, 1.807) is 0 Å². The second kappa shape index (κ2) is 7.93. The van der Waals surface area contributed by atoms with E-state index in [1.165, 1.54) is 25.7 Å². The molecule has 3 nitrogen and oxygen atoms in total. The summed E-state index contributed by atoms with van der Waals surface area (Å²) in [5.41, 5.74) is 0.995. The number of para-hydroxylation sites is 1. The summed E-state index contributed by atoms with van der Waals surface area (Å²) in [6.45, 7) is 2.61. The molecule has 0 unspecified atom stereocenters. The third-order valence-corrected chi connectivity index (χ3v) is 4.14. The van der Waals surface area contributed by atoms with Gasteiger partial charge in [-0.15, -0.1) is 0 Å². The fourth-order valence-corrected chi connectivity index (χ4v) is 3.02. The van der Waals surface area contributed by atoms with Crippen molar-refractivity contribution in [2.45, 2.75) is 51.5 Å². The van der Waals surface area contributed by atoms with Crippen LogP contribution >= 0.6 is 0 Å². The van der Waals surface area contributed by atoms with Crippen LogP contribution in [0.15, 0.2) is 30.3 Å². The van der Waals surface area contributed by atoms with Crippen LogP contribution in [0.5, 0.6) is 0 Å². The Morgan fingerprint density at radius 1 is 1.15 bits per heavy atom. The quantitative estimate of drug-likeness (QED) is 0.832. The minimum absolute atomic E-state index is 0.104. The molecule has 1 aromatic carbocycles. The Hall–Kier alpha value is -1.51. The van der Waals surface area contributed by atoms with Crippen molar-refractivity contribution in [3.8, 4) is 0 Å². The molecule has 20 heavy (non-hydrogen) atoms. The number of rotatable bonds is 6. The first kappa shape index (κ1) is 14.9. The second-order valence-electron chi connectivity index (χ2n) is 5.79. The van der Waals surface area contributed by atoms with Gasteiger partial charge >= 0.3 is 0 Å². The van der Waals surface area contributed by atoms with Gasteiger partial charge in [-0.25, -0.2) is 0 Å². The Kier molecular flexibility index (Phi) is 5.90. The molecule has 0 saturated heterocycles. The third kappa shape index (κ3) is 4.87. The van der Waals surface area contributed by atoms with Crippen LogP contribution in [0.25, 0.3) is 0 Å². The van der Waals surface area contributed by atoms with E-state index in [-0.39, 0.29) is 5.91 Å². The van der Waals surface area contributed by atoms with Gasteiger partial charge in [0.1, 0.15) is 0 Å². The van der Waals surface area contributed by atoms with Gasteiger partial charge in [-0.2, -0.15) is 0 Å². The largest absolute Gasteiger partial charge is 0.376 e. The topological polar surface area (TPSA) is 41.1 Å². The van der Waals surface area contributed by atoms with Crippen LogP contribution in [0.3, 0.4) is 0 Å². The number of amides is 1. The lowest BCUT2D eigenvalue weighted by Gasteiger charge is -2.29. The zero-order valence-corrected chi connectivity index (χ0v) is 12.4. The smallest absolute Gasteiger partial charge is 0.239 e. The molecule has 1 saturated carbocycles. The Morgan fingerprint density at radius 2 is 1.85 bits per heavy atom. The first-order valence-corrected chi connectivity index (χ1v) is 7.86. The number of anilines is 1. The van der Waals surface area contributed by atoms with Gasteiger partial charge in [-0.05, 0) is 43.7 Å². The van der Waals surface area contributed by atoms with Gasteiger partial charge < -0.3 is 10.6 Å². The molecule has 3 heteroatoms. The summed E-state index contributed by atoms with van der Waals surface area (Å²) >= 11 is 0. The normalized spacial score (nSPS) is 22.2. The predicted octanol–water partition coefficient (Wildman–Crippen LogP) is 3.57. The van der Waals surface area contributed by atoms with Gasteiger partial charge in [0.15, 0.2) is 0 Å². The summed E-state index contributed by atoms with van der Waals surface area (Å²) in [5, 5.41) is 6.30. The van der Waals surface area contributed by atoms with Crippen LogP contribution in [0.1, 0.15) is 45.4 Å². The van der Waals surface area contributed by atoms with E-state index in [2.05, 4.69) is 17.6 Å². The molecule has 0 spiro atoms. The maximum absolute atomic E-state index is 11.9. The number of carbonyl (C=O) groups is 1. The number of hydrogen-bond acceptors (Lipinski definition) is 2. The standard InChI is InChI=1S/C17H26N2O/c1-2-6-14-9-11-16(12-10-14)19-17(20)13-18-15-7-4-3-5-8-15/h3-5,7-8,14,16,18H,2,6,9-13H2,1H3,(H,19,20). The van der Waals surface area contributed by atoms with E-state index in [0.717, 1.165) is 24.4 Å². The molecule has 110 valence electrons. The van der Waals surface area contributed by atoms with Crippen molar-refractivity contribution in [3.05, 3.63) is 30.3 Å². The summed E-state index contributed by atoms with van der Waals surface area (Å²) in [5.74, 6) is 0.989. The predicted molar refractivity (Wildman–Crippen MR) is 83.7 cm³/mol. The summed E-state index contributed by atoms with van der Waals surface area (Å²) in [6.07, 6.45) is 7.44. The maximum atomic E-state index is 11.9. The number of nitrogens with one attached hydrogen (secondary N) is 2. The van der Waals surface area contributed by atoms with E-state index in [0.29, 0.717) is 12.6 Å². The molecule has 1 aliphatic carbocycles. The Balaban J connectivity index is 1.65. The lowest BCUT2D eigenvalue weighted by Crippen LogP contribution is -2.40. The van der Waals surface area contributed by atoms with Crippen molar-refractivity contribution >= 4 is 11.6 Å². The highest BCUT2D eigenvalue weighted by Crippen LogP contribution is 2.27. The fourth-order valence-electron chi connectivity index (χ4n) is 3.02. The Morgan fingerprint density at radius 3 is 2.50 bits per heavy atom. The SMILES string of the molecule is CCCC1CCC(NC(=O)CNc2ccccc2)CC1. The molecule has 0 aliphatic heterocycles. The molecule has 2 rings (SSSR count). The summed E-state index contributed by atoms with van der Waals surface area (Å²) in [7, 11) is 0. The third-order valence-electron chi connectivity index (χ3n) is 4.14. The van der Waals surface area contributed by atoms with E-state index < -0.39 is 0 Å².